The number of aliphatic carboxylic acids is 1. The molecule has 4 heterocycles. The molecule has 5 rings (SSSR count). The molecule has 1 aliphatic heterocycles. The highest BCUT2D eigenvalue weighted by molar-refractivity contribution is 6.03. The van der Waals surface area contributed by atoms with Crippen molar-refractivity contribution in [1.82, 2.24) is 35.0 Å². The second-order valence-electron chi connectivity index (χ2n) is 11.8. The van der Waals surface area contributed by atoms with E-state index in [1.165, 1.54) is 21.6 Å². The van der Waals surface area contributed by atoms with Gasteiger partial charge in [-0.25, -0.2) is 27.1 Å². The lowest BCUT2D eigenvalue weighted by molar-refractivity contribution is -0.169. The predicted octanol–water partition coefficient (Wildman–Crippen LogP) is 3.08. The van der Waals surface area contributed by atoms with E-state index in [9.17, 15) is 37.1 Å². The molecule has 2 atom stereocenters. The smallest absolute Gasteiger partial charge is 0.319 e. The predicted molar refractivity (Wildman–Crippen MR) is 149 cm³/mol. The average molecular weight is 623 g/mol. The zero-order valence-corrected chi connectivity index (χ0v) is 24.5. The third-order valence-electron chi connectivity index (χ3n) is 8.47. The second-order valence-corrected chi connectivity index (χ2v) is 11.8. The standard InChI is InChI=1S/C28H34F4N8O4/c1-4-39-19(7-10-34-39)23(41)36-22(16-5-8-27(29,30)9-6-16)18-13-40-21(35-18)11-20(38(2)3)17(37-40)12-26(25(43)44)14-28(31,32)15-33-24(26)42/h7,10-11,13,16,22H,4-6,8-9,12,14-15H2,1-3H3,(H,33,42)(H,36,41)(H,43,44). The molecule has 1 saturated heterocycles. The molecule has 0 aromatic carbocycles. The van der Waals surface area contributed by atoms with Crippen LogP contribution < -0.4 is 15.5 Å². The number of anilines is 1. The van der Waals surface area contributed by atoms with Crippen LogP contribution in [0, 0.1) is 11.3 Å². The molecule has 0 spiro atoms. The number of carbonyl (C=O) groups is 3. The highest BCUT2D eigenvalue weighted by Gasteiger charge is 2.57. The van der Waals surface area contributed by atoms with Crippen LogP contribution in [0.4, 0.5) is 23.2 Å². The third kappa shape index (κ3) is 5.93. The van der Waals surface area contributed by atoms with Crippen LogP contribution in [0.3, 0.4) is 0 Å². The Kier molecular flexibility index (Phi) is 8.05. The lowest BCUT2D eigenvalue weighted by Gasteiger charge is -2.36. The fourth-order valence-electron chi connectivity index (χ4n) is 6.09. The summed E-state index contributed by atoms with van der Waals surface area (Å²) in [5.41, 5.74) is -1.15. The van der Waals surface area contributed by atoms with E-state index in [2.05, 4.69) is 20.5 Å². The quantitative estimate of drug-likeness (QED) is 0.244. The van der Waals surface area contributed by atoms with Gasteiger partial charge in [0.15, 0.2) is 11.1 Å². The van der Waals surface area contributed by atoms with E-state index in [-0.39, 0.29) is 42.9 Å². The maximum Gasteiger partial charge on any atom is 0.319 e. The van der Waals surface area contributed by atoms with Crippen LogP contribution in [0.15, 0.2) is 24.5 Å². The lowest BCUT2D eigenvalue weighted by Crippen LogP contribution is -2.59. The van der Waals surface area contributed by atoms with Gasteiger partial charge in [0.25, 0.3) is 11.8 Å². The van der Waals surface area contributed by atoms with Gasteiger partial charge in [0.1, 0.15) is 5.69 Å². The Morgan fingerprint density at radius 3 is 2.55 bits per heavy atom. The first-order valence-corrected chi connectivity index (χ1v) is 14.3. The van der Waals surface area contributed by atoms with E-state index in [1.807, 2.05) is 12.2 Å². The van der Waals surface area contributed by atoms with Crippen molar-refractivity contribution in [2.45, 2.75) is 69.9 Å². The number of fused-ring (bicyclic) bond motifs is 1. The summed E-state index contributed by atoms with van der Waals surface area (Å²) in [6.45, 7) is 1.30. The summed E-state index contributed by atoms with van der Waals surface area (Å²) in [6, 6.07) is 2.34. The number of aromatic nitrogens is 5. The minimum atomic E-state index is -3.44. The molecule has 0 radical (unpaired) electrons. The number of aryl methyl sites for hydroxylation is 1. The summed E-state index contributed by atoms with van der Waals surface area (Å²) < 4.78 is 59.8. The van der Waals surface area contributed by atoms with Crippen LogP contribution in [0.2, 0.25) is 0 Å². The summed E-state index contributed by atoms with van der Waals surface area (Å²) in [5, 5.41) is 23.6. The summed E-state index contributed by atoms with van der Waals surface area (Å²) >= 11 is 0. The van der Waals surface area contributed by atoms with Crippen molar-refractivity contribution in [3.63, 3.8) is 0 Å². The fraction of sp³-hybridized carbons (Fsp3) is 0.571. The van der Waals surface area contributed by atoms with Crippen LogP contribution in [0.25, 0.3) is 5.65 Å². The topological polar surface area (TPSA) is 147 Å². The maximum absolute atomic E-state index is 14.4. The van der Waals surface area contributed by atoms with E-state index >= 15 is 0 Å². The Bertz CT molecular complexity index is 1580. The molecular formula is C28H34F4N8O4. The number of halogens is 4. The molecule has 238 valence electrons. The van der Waals surface area contributed by atoms with E-state index in [1.54, 1.807) is 31.1 Å². The summed E-state index contributed by atoms with van der Waals surface area (Å²) in [5.74, 6) is -9.81. The molecule has 2 amide bonds. The molecule has 3 N–H and O–H groups in total. The first-order valence-electron chi connectivity index (χ1n) is 14.3. The van der Waals surface area contributed by atoms with Crippen molar-refractivity contribution >= 4 is 29.1 Å². The average Bonchev–Trinajstić information content (AvgIpc) is 3.60. The monoisotopic (exact) mass is 622 g/mol. The number of rotatable bonds is 9. The number of amides is 2. The summed E-state index contributed by atoms with van der Waals surface area (Å²) in [6.07, 6.45) is 0.728. The Balaban J connectivity index is 1.55. The third-order valence-corrected chi connectivity index (χ3v) is 8.47. The molecule has 1 aliphatic carbocycles. The van der Waals surface area contributed by atoms with Gasteiger partial charge < -0.3 is 20.6 Å². The first kappa shape index (κ1) is 31.2. The van der Waals surface area contributed by atoms with E-state index in [0.29, 0.717) is 23.6 Å². The van der Waals surface area contributed by atoms with Gasteiger partial charge in [-0.2, -0.15) is 10.2 Å². The van der Waals surface area contributed by atoms with Gasteiger partial charge in [-0.1, -0.05) is 0 Å². The fourth-order valence-corrected chi connectivity index (χ4v) is 6.09. The Morgan fingerprint density at radius 1 is 1.20 bits per heavy atom. The number of imidazole rings is 1. The number of alkyl halides is 4. The van der Waals surface area contributed by atoms with Crippen molar-refractivity contribution in [3.05, 3.63) is 41.6 Å². The minimum Gasteiger partial charge on any atom is -0.480 e. The molecule has 44 heavy (non-hydrogen) atoms. The van der Waals surface area contributed by atoms with Gasteiger partial charge in [-0.15, -0.1) is 0 Å². The largest absolute Gasteiger partial charge is 0.480 e. The van der Waals surface area contributed by atoms with Gasteiger partial charge >= 0.3 is 5.97 Å². The van der Waals surface area contributed by atoms with Crippen molar-refractivity contribution < 1.29 is 37.1 Å². The van der Waals surface area contributed by atoms with Crippen LogP contribution in [-0.2, 0) is 22.6 Å². The Hall–Kier alpha value is -4.24. The number of carbonyl (C=O) groups excluding carboxylic acids is 2. The lowest BCUT2D eigenvalue weighted by atomic mass is 9.74. The minimum absolute atomic E-state index is 0.0615. The molecule has 0 bridgehead atoms. The molecule has 1 saturated carbocycles. The van der Waals surface area contributed by atoms with E-state index < -0.39 is 60.5 Å². The Morgan fingerprint density at radius 2 is 1.91 bits per heavy atom. The number of piperidine rings is 1. The number of nitrogens with zero attached hydrogens (tertiary/aromatic N) is 6. The van der Waals surface area contributed by atoms with Crippen molar-refractivity contribution in [2.75, 3.05) is 25.5 Å². The summed E-state index contributed by atoms with van der Waals surface area (Å²) in [4.78, 5) is 44.7. The number of hydrogen-bond acceptors (Lipinski definition) is 7. The van der Waals surface area contributed by atoms with E-state index in [4.69, 9.17) is 0 Å². The van der Waals surface area contributed by atoms with Crippen molar-refractivity contribution in [3.8, 4) is 0 Å². The molecule has 2 fully saturated rings. The molecule has 3 aromatic rings. The van der Waals surface area contributed by atoms with Crippen LogP contribution in [0.5, 0.6) is 0 Å². The number of carboxylic acid groups (broad SMARTS) is 1. The van der Waals surface area contributed by atoms with Gasteiger partial charge in [0.2, 0.25) is 11.8 Å². The van der Waals surface area contributed by atoms with Crippen molar-refractivity contribution in [1.29, 1.82) is 0 Å². The molecule has 12 nitrogen and oxygen atoms in total. The SMILES string of the molecule is CCn1nccc1C(=O)NC(c1cn2nc(CC3(C(=O)O)CC(F)(F)CNC3=O)c(N(C)C)cc2n1)C1CCC(F)(F)CC1. The highest BCUT2D eigenvalue weighted by atomic mass is 19.3. The van der Waals surface area contributed by atoms with Gasteiger partial charge in [0, 0.05) is 58.6 Å². The number of hydrogen-bond donors (Lipinski definition) is 3. The van der Waals surface area contributed by atoms with Gasteiger partial charge in [0.05, 0.1) is 35.9 Å². The van der Waals surface area contributed by atoms with Crippen LogP contribution in [0.1, 0.15) is 66.9 Å². The first-order chi connectivity index (χ1) is 20.6. The summed E-state index contributed by atoms with van der Waals surface area (Å²) in [7, 11) is 3.29. The van der Waals surface area contributed by atoms with Crippen LogP contribution in [-0.4, -0.2) is 79.8 Å². The van der Waals surface area contributed by atoms with Crippen molar-refractivity contribution in [2.24, 2.45) is 11.3 Å². The molecule has 16 heteroatoms. The Labute approximate surface area is 249 Å². The van der Waals surface area contributed by atoms with Gasteiger partial charge in [-0.3, -0.25) is 19.1 Å². The van der Waals surface area contributed by atoms with Gasteiger partial charge in [-0.05, 0) is 31.7 Å². The normalized spacial score (nSPS) is 22.4. The molecular weight excluding hydrogens is 588 g/mol. The molecule has 3 aromatic heterocycles. The van der Waals surface area contributed by atoms with Crippen LogP contribution >= 0.6 is 0 Å². The highest BCUT2D eigenvalue weighted by Crippen LogP contribution is 2.43. The van der Waals surface area contributed by atoms with E-state index in [0.717, 1.165) is 0 Å². The maximum atomic E-state index is 14.4. The molecule has 2 unspecified atom stereocenters. The second kappa shape index (κ2) is 11.4. The number of nitrogens with one attached hydrogen (secondary N) is 2. The number of carboxylic acids is 1. The zero-order valence-electron chi connectivity index (χ0n) is 24.5. The molecule has 2 aliphatic rings. The zero-order chi connectivity index (χ0) is 32.0.